The summed E-state index contributed by atoms with van der Waals surface area (Å²) in [7, 11) is -3.68. The van der Waals surface area contributed by atoms with Crippen LogP contribution in [0.4, 0.5) is 5.69 Å². The molecule has 5 nitrogen and oxygen atoms in total. The molecular formula is C12H17N2O3S. The molecule has 1 radical (unpaired) electrons. The van der Waals surface area contributed by atoms with Gasteiger partial charge in [-0.3, -0.25) is 4.79 Å². The minimum Gasteiger partial charge on any atom is -0.326 e. The van der Waals surface area contributed by atoms with Crippen LogP contribution < -0.4 is 10.5 Å². The first kappa shape index (κ1) is 14.7. The summed E-state index contributed by atoms with van der Waals surface area (Å²) in [6, 6.07) is 5.77. The van der Waals surface area contributed by atoms with E-state index in [9.17, 15) is 13.2 Å². The Hall–Kier alpha value is -1.40. The molecule has 0 aliphatic rings. The van der Waals surface area contributed by atoms with Gasteiger partial charge in [-0.2, -0.15) is 0 Å². The highest BCUT2D eigenvalue weighted by Crippen LogP contribution is 2.13. The predicted octanol–water partition coefficient (Wildman–Crippen LogP) is 1.67. The van der Waals surface area contributed by atoms with Crippen molar-refractivity contribution in [2.45, 2.75) is 31.1 Å². The van der Waals surface area contributed by atoms with Gasteiger partial charge in [0.05, 0.1) is 4.90 Å². The summed E-state index contributed by atoms with van der Waals surface area (Å²) in [6.07, 6.45) is 4.16. The fourth-order valence-corrected chi connectivity index (χ4v) is 1.93. The van der Waals surface area contributed by atoms with E-state index in [1.165, 1.54) is 24.3 Å². The minimum atomic E-state index is -3.68. The van der Waals surface area contributed by atoms with Gasteiger partial charge in [0.2, 0.25) is 15.9 Å². The smallest absolute Gasteiger partial charge is 0.238 e. The molecule has 0 aromatic heterocycles. The number of primary sulfonamides is 1. The minimum absolute atomic E-state index is 0.0288. The average Bonchev–Trinajstić information content (AvgIpc) is 2.29. The maximum Gasteiger partial charge on any atom is 0.238 e. The van der Waals surface area contributed by atoms with Gasteiger partial charge in [0.1, 0.15) is 0 Å². The standard InChI is InChI=1S/C12H17N2O3S/c1-2-3-4-5-12(15)14-10-6-8-11(9-7-10)18(13,16)17/h2,6-9H,3-5H2,1H3,(H,14,15)(H2,13,16,17). The number of benzene rings is 1. The SMILES string of the molecule is C[CH]CCCC(=O)Nc1ccc(S(N)(=O)=O)cc1. The van der Waals surface area contributed by atoms with Crippen molar-refractivity contribution in [2.75, 3.05) is 5.32 Å². The zero-order chi connectivity index (χ0) is 13.6. The highest BCUT2D eigenvalue weighted by atomic mass is 32.2. The van der Waals surface area contributed by atoms with Crippen LogP contribution in [0.1, 0.15) is 26.2 Å². The number of sulfonamides is 1. The monoisotopic (exact) mass is 269 g/mol. The molecule has 3 N–H and O–H groups in total. The molecular weight excluding hydrogens is 252 g/mol. The van der Waals surface area contributed by atoms with Crippen LogP contribution in [0, 0.1) is 6.42 Å². The van der Waals surface area contributed by atoms with Gasteiger partial charge in [-0.1, -0.05) is 6.92 Å². The maximum absolute atomic E-state index is 11.5. The lowest BCUT2D eigenvalue weighted by Crippen LogP contribution is -2.13. The number of amides is 1. The first-order valence-electron chi connectivity index (χ1n) is 5.64. The Balaban J connectivity index is 2.56. The van der Waals surface area contributed by atoms with Gasteiger partial charge in [-0.25, -0.2) is 13.6 Å². The van der Waals surface area contributed by atoms with E-state index in [4.69, 9.17) is 5.14 Å². The van der Waals surface area contributed by atoms with Crippen molar-refractivity contribution in [3.05, 3.63) is 30.7 Å². The van der Waals surface area contributed by atoms with E-state index in [2.05, 4.69) is 5.32 Å². The van der Waals surface area contributed by atoms with Gasteiger partial charge in [0, 0.05) is 12.1 Å². The first-order valence-corrected chi connectivity index (χ1v) is 7.18. The molecule has 0 bridgehead atoms. The molecule has 0 aliphatic carbocycles. The molecule has 1 amide bonds. The lowest BCUT2D eigenvalue weighted by molar-refractivity contribution is -0.116. The van der Waals surface area contributed by atoms with Gasteiger partial charge in [0.25, 0.3) is 0 Å². The number of hydrogen-bond donors (Lipinski definition) is 2. The Bertz CT molecular complexity index is 495. The lowest BCUT2D eigenvalue weighted by Gasteiger charge is -2.05. The van der Waals surface area contributed by atoms with E-state index in [1.807, 2.05) is 13.3 Å². The van der Waals surface area contributed by atoms with Gasteiger partial charge in [-0.05, 0) is 43.5 Å². The number of nitrogens with two attached hydrogens (primary N) is 1. The Morgan fingerprint density at radius 1 is 1.33 bits per heavy atom. The average molecular weight is 269 g/mol. The van der Waals surface area contributed by atoms with Crippen molar-refractivity contribution < 1.29 is 13.2 Å². The number of hydrogen-bond acceptors (Lipinski definition) is 3. The fraction of sp³-hybridized carbons (Fsp3) is 0.333. The second-order valence-electron chi connectivity index (χ2n) is 3.92. The van der Waals surface area contributed by atoms with Crippen LogP contribution in [-0.4, -0.2) is 14.3 Å². The molecule has 0 saturated heterocycles. The van der Waals surface area contributed by atoms with E-state index in [1.54, 1.807) is 0 Å². The van der Waals surface area contributed by atoms with E-state index in [-0.39, 0.29) is 10.8 Å². The van der Waals surface area contributed by atoms with Gasteiger partial charge >= 0.3 is 0 Å². The highest BCUT2D eigenvalue weighted by molar-refractivity contribution is 7.89. The van der Waals surface area contributed by atoms with Crippen LogP contribution in [0.25, 0.3) is 0 Å². The predicted molar refractivity (Wildman–Crippen MR) is 70.3 cm³/mol. The third-order valence-electron chi connectivity index (χ3n) is 2.36. The Kier molecular flexibility index (Phi) is 5.30. The lowest BCUT2D eigenvalue weighted by atomic mass is 10.2. The molecule has 6 heteroatoms. The molecule has 1 aromatic carbocycles. The Morgan fingerprint density at radius 3 is 2.44 bits per heavy atom. The molecule has 0 spiro atoms. The van der Waals surface area contributed by atoms with Crippen LogP contribution in [-0.2, 0) is 14.8 Å². The number of carbonyl (C=O) groups is 1. The summed E-state index contributed by atoms with van der Waals surface area (Å²) >= 11 is 0. The Labute approximate surface area is 107 Å². The van der Waals surface area contributed by atoms with E-state index in [0.717, 1.165) is 12.8 Å². The van der Waals surface area contributed by atoms with E-state index >= 15 is 0 Å². The topological polar surface area (TPSA) is 89.3 Å². The van der Waals surface area contributed by atoms with Crippen molar-refractivity contribution in [3.63, 3.8) is 0 Å². The van der Waals surface area contributed by atoms with Crippen LogP contribution in [0.2, 0.25) is 0 Å². The third-order valence-corrected chi connectivity index (χ3v) is 3.29. The normalized spacial score (nSPS) is 11.2. The zero-order valence-corrected chi connectivity index (χ0v) is 11.0. The summed E-state index contributed by atoms with van der Waals surface area (Å²) < 4.78 is 22.1. The van der Waals surface area contributed by atoms with Gasteiger partial charge in [0.15, 0.2) is 0 Å². The van der Waals surface area contributed by atoms with Crippen molar-refractivity contribution in [1.82, 2.24) is 0 Å². The molecule has 0 heterocycles. The number of rotatable bonds is 6. The van der Waals surface area contributed by atoms with Gasteiger partial charge in [-0.15, -0.1) is 0 Å². The number of nitrogens with one attached hydrogen (secondary N) is 1. The van der Waals surface area contributed by atoms with Crippen molar-refractivity contribution in [3.8, 4) is 0 Å². The summed E-state index contributed by atoms with van der Waals surface area (Å²) in [6.45, 7) is 1.95. The highest BCUT2D eigenvalue weighted by Gasteiger charge is 2.07. The first-order chi connectivity index (χ1) is 8.43. The zero-order valence-electron chi connectivity index (χ0n) is 10.2. The third kappa shape index (κ3) is 4.85. The van der Waals surface area contributed by atoms with E-state index < -0.39 is 10.0 Å². The van der Waals surface area contributed by atoms with Crippen LogP contribution >= 0.6 is 0 Å². The number of unbranched alkanes of at least 4 members (excludes halogenated alkanes) is 2. The quantitative estimate of drug-likeness (QED) is 0.770. The maximum atomic E-state index is 11.5. The molecule has 0 fully saturated rings. The van der Waals surface area contributed by atoms with Crippen LogP contribution in [0.3, 0.4) is 0 Å². The summed E-state index contributed by atoms with van der Waals surface area (Å²) in [5.41, 5.74) is 0.563. The van der Waals surface area contributed by atoms with E-state index in [0.29, 0.717) is 12.1 Å². The largest absolute Gasteiger partial charge is 0.326 e. The Morgan fingerprint density at radius 2 is 1.94 bits per heavy atom. The van der Waals surface area contributed by atoms with Crippen molar-refractivity contribution in [2.24, 2.45) is 5.14 Å². The molecule has 0 aliphatic heterocycles. The molecule has 1 aromatic rings. The second-order valence-corrected chi connectivity index (χ2v) is 5.48. The number of carbonyl (C=O) groups excluding carboxylic acids is 1. The molecule has 0 saturated carbocycles. The molecule has 0 unspecified atom stereocenters. The molecule has 0 atom stereocenters. The summed E-state index contributed by atoms with van der Waals surface area (Å²) in [5.74, 6) is -0.0831. The van der Waals surface area contributed by atoms with Crippen molar-refractivity contribution >= 4 is 21.6 Å². The van der Waals surface area contributed by atoms with Gasteiger partial charge < -0.3 is 5.32 Å². The van der Waals surface area contributed by atoms with Crippen molar-refractivity contribution in [1.29, 1.82) is 0 Å². The van der Waals surface area contributed by atoms with Crippen LogP contribution in [0.5, 0.6) is 0 Å². The molecule has 18 heavy (non-hydrogen) atoms. The number of anilines is 1. The second kappa shape index (κ2) is 6.51. The molecule has 1 rings (SSSR count). The fourth-order valence-electron chi connectivity index (χ4n) is 1.42. The summed E-state index contributed by atoms with van der Waals surface area (Å²) in [5, 5.41) is 7.66. The van der Waals surface area contributed by atoms with Crippen LogP contribution in [0.15, 0.2) is 29.2 Å². The summed E-state index contributed by atoms with van der Waals surface area (Å²) in [4.78, 5) is 11.5. The molecule has 99 valence electrons.